The zero-order valence-electron chi connectivity index (χ0n) is 3.63. The van der Waals surface area contributed by atoms with Gasteiger partial charge in [0.25, 0.3) is 0 Å². The van der Waals surface area contributed by atoms with E-state index in [2.05, 4.69) is 15.4 Å². The molecule has 0 amide bonds. The summed E-state index contributed by atoms with van der Waals surface area (Å²) in [5.41, 5.74) is 0.667. The van der Waals surface area contributed by atoms with Gasteiger partial charge in [-0.05, 0) is 6.08 Å². The highest BCUT2D eigenvalue weighted by Gasteiger charge is 1.80. The summed E-state index contributed by atoms with van der Waals surface area (Å²) in [5.74, 6) is 0. The number of hydrogen-bond acceptors (Lipinski definition) is 2. The number of aromatic nitrogens is 3. The Morgan fingerprint density at radius 1 is 1.86 bits per heavy atom. The van der Waals surface area contributed by atoms with E-state index in [4.69, 9.17) is 6.58 Å². The maximum atomic E-state index is 5.05. The Bertz CT molecular complexity index is 142. The average molecular weight is 94.1 g/mol. The van der Waals surface area contributed by atoms with Crippen molar-refractivity contribution in [1.29, 1.82) is 0 Å². The molecule has 1 aromatic rings. The molecule has 0 saturated heterocycles. The van der Waals surface area contributed by atoms with Gasteiger partial charge >= 0.3 is 0 Å². The summed E-state index contributed by atoms with van der Waals surface area (Å²) >= 11 is 0. The molecule has 0 aliphatic rings. The fourth-order valence-electron chi connectivity index (χ4n) is 0.292. The van der Waals surface area contributed by atoms with Crippen molar-refractivity contribution >= 4 is 6.08 Å². The van der Waals surface area contributed by atoms with Crippen LogP contribution in [0.3, 0.4) is 0 Å². The SMILES string of the molecule is [CH]=Cc1c[nH]nn1. The summed E-state index contributed by atoms with van der Waals surface area (Å²) < 4.78 is 0. The Morgan fingerprint density at radius 3 is 3.00 bits per heavy atom. The zero-order valence-corrected chi connectivity index (χ0v) is 3.63. The van der Waals surface area contributed by atoms with Crippen LogP contribution in [0, 0.1) is 6.58 Å². The smallest absolute Gasteiger partial charge is 0.105 e. The Balaban J connectivity index is 2.96. The van der Waals surface area contributed by atoms with E-state index in [1.54, 1.807) is 6.20 Å². The predicted octanol–water partition coefficient (Wildman–Crippen LogP) is 0.251. The number of nitrogens with one attached hydrogen (secondary N) is 1. The highest BCUT2D eigenvalue weighted by molar-refractivity contribution is 5.36. The minimum Gasteiger partial charge on any atom is -0.265 e. The first-order valence-corrected chi connectivity index (χ1v) is 1.85. The molecule has 1 rings (SSSR count). The summed E-state index contributed by atoms with van der Waals surface area (Å²) in [4.78, 5) is 0. The molecule has 1 heterocycles. The molecule has 3 heteroatoms. The van der Waals surface area contributed by atoms with Crippen LogP contribution < -0.4 is 0 Å². The van der Waals surface area contributed by atoms with Crippen molar-refractivity contribution in [2.75, 3.05) is 0 Å². The molecule has 1 radical (unpaired) electrons. The first-order valence-electron chi connectivity index (χ1n) is 1.85. The van der Waals surface area contributed by atoms with Crippen molar-refractivity contribution < 1.29 is 0 Å². The van der Waals surface area contributed by atoms with Crippen molar-refractivity contribution in [3.05, 3.63) is 18.5 Å². The highest BCUT2D eigenvalue weighted by Crippen LogP contribution is 1.85. The molecule has 0 aliphatic carbocycles. The third-order valence-corrected chi connectivity index (χ3v) is 0.606. The minimum absolute atomic E-state index is 0.667. The van der Waals surface area contributed by atoms with Crippen LogP contribution in [0.4, 0.5) is 0 Å². The van der Waals surface area contributed by atoms with Crippen molar-refractivity contribution in [3.8, 4) is 0 Å². The van der Waals surface area contributed by atoms with Crippen molar-refractivity contribution in [2.24, 2.45) is 0 Å². The van der Waals surface area contributed by atoms with Crippen LogP contribution in [-0.2, 0) is 0 Å². The lowest BCUT2D eigenvalue weighted by molar-refractivity contribution is 0.937. The molecule has 0 spiro atoms. The Labute approximate surface area is 41.1 Å². The van der Waals surface area contributed by atoms with Gasteiger partial charge in [-0.15, -0.1) is 5.10 Å². The molecular formula is C4H4N3. The molecule has 7 heavy (non-hydrogen) atoms. The normalized spacial score (nSPS) is 8.57. The van der Waals surface area contributed by atoms with Gasteiger partial charge in [0.15, 0.2) is 0 Å². The van der Waals surface area contributed by atoms with E-state index in [1.807, 2.05) is 0 Å². The minimum atomic E-state index is 0.667. The molecule has 0 saturated carbocycles. The van der Waals surface area contributed by atoms with Crippen molar-refractivity contribution in [1.82, 2.24) is 15.4 Å². The Morgan fingerprint density at radius 2 is 2.71 bits per heavy atom. The Kier molecular flexibility index (Phi) is 0.898. The fourth-order valence-corrected chi connectivity index (χ4v) is 0.292. The van der Waals surface area contributed by atoms with Gasteiger partial charge in [-0.1, -0.05) is 11.8 Å². The average Bonchev–Trinajstić information content (AvgIpc) is 2.14. The fraction of sp³-hybridized carbons (Fsp3) is 0. The monoisotopic (exact) mass is 94.0 g/mol. The first-order chi connectivity index (χ1) is 3.43. The molecule has 3 nitrogen and oxygen atoms in total. The maximum absolute atomic E-state index is 5.05. The van der Waals surface area contributed by atoms with Crippen molar-refractivity contribution in [3.63, 3.8) is 0 Å². The van der Waals surface area contributed by atoms with Gasteiger partial charge in [0.2, 0.25) is 0 Å². The predicted molar refractivity (Wildman–Crippen MR) is 25.1 cm³/mol. The van der Waals surface area contributed by atoms with Gasteiger partial charge < -0.3 is 0 Å². The van der Waals surface area contributed by atoms with Crippen LogP contribution in [0.2, 0.25) is 0 Å². The molecule has 0 atom stereocenters. The third-order valence-electron chi connectivity index (χ3n) is 0.606. The van der Waals surface area contributed by atoms with Crippen LogP contribution >= 0.6 is 0 Å². The second-order valence-electron chi connectivity index (χ2n) is 1.06. The summed E-state index contributed by atoms with van der Waals surface area (Å²) in [7, 11) is 0. The standard InChI is InChI=1S/C4H4N3/c1-2-4-3-5-7-6-4/h1-3H,(H,5,6,7). The molecule has 0 aromatic carbocycles. The van der Waals surface area contributed by atoms with E-state index in [1.165, 1.54) is 6.08 Å². The maximum Gasteiger partial charge on any atom is 0.105 e. The van der Waals surface area contributed by atoms with E-state index in [-0.39, 0.29) is 0 Å². The van der Waals surface area contributed by atoms with Gasteiger partial charge in [-0.25, -0.2) is 0 Å². The molecular weight excluding hydrogens is 90.1 g/mol. The number of rotatable bonds is 1. The van der Waals surface area contributed by atoms with Crippen LogP contribution in [0.25, 0.3) is 6.08 Å². The van der Waals surface area contributed by atoms with E-state index in [0.717, 1.165) is 0 Å². The molecule has 0 bridgehead atoms. The quantitative estimate of drug-likeness (QED) is 0.542. The van der Waals surface area contributed by atoms with Gasteiger partial charge in [0.1, 0.15) is 5.69 Å². The molecule has 35 valence electrons. The van der Waals surface area contributed by atoms with Crippen LogP contribution in [0.15, 0.2) is 6.20 Å². The summed E-state index contributed by atoms with van der Waals surface area (Å²) in [6.45, 7) is 5.05. The van der Waals surface area contributed by atoms with E-state index < -0.39 is 0 Å². The number of aromatic amines is 1. The topological polar surface area (TPSA) is 41.6 Å². The Hall–Kier alpha value is -1.12. The number of H-pyrrole nitrogens is 1. The largest absolute Gasteiger partial charge is 0.265 e. The third kappa shape index (κ3) is 0.652. The molecule has 0 aliphatic heterocycles. The highest BCUT2D eigenvalue weighted by atomic mass is 15.3. The van der Waals surface area contributed by atoms with E-state index in [0.29, 0.717) is 5.69 Å². The van der Waals surface area contributed by atoms with Gasteiger partial charge in [0, 0.05) is 6.20 Å². The first kappa shape index (κ1) is 4.05. The summed E-state index contributed by atoms with van der Waals surface area (Å²) in [6.07, 6.45) is 2.99. The molecule has 1 aromatic heterocycles. The lowest BCUT2D eigenvalue weighted by Crippen LogP contribution is -1.67. The van der Waals surface area contributed by atoms with E-state index >= 15 is 0 Å². The van der Waals surface area contributed by atoms with Gasteiger partial charge in [0.05, 0.1) is 0 Å². The number of hydrogen-bond donors (Lipinski definition) is 1. The summed E-state index contributed by atoms with van der Waals surface area (Å²) in [6, 6.07) is 0. The lowest BCUT2D eigenvalue weighted by atomic mass is 10.5. The zero-order chi connectivity index (χ0) is 5.11. The molecule has 1 N–H and O–H groups in total. The van der Waals surface area contributed by atoms with Crippen LogP contribution in [-0.4, -0.2) is 15.4 Å². The van der Waals surface area contributed by atoms with Gasteiger partial charge in [-0.3, -0.25) is 5.10 Å². The number of nitrogens with zero attached hydrogens (tertiary/aromatic N) is 2. The molecule has 0 unspecified atom stereocenters. The lowest BCUT2D eigenvalue weighted by Gasteiger charge is -1.66. The van der Waals surface area contributed by atoms with E-state index in [9.17, 15) is 0 Å². The second-order valence-corrected chi connectivity index (χ2v) is 1.06. The van der Waals surface area contributed by atoms with Crippen LogP contribution in [0.5, 0.6) is 0 Å². The summed E-state index contributed by atoms with van der Waals surface area (Å²) in [5, 5.41) is 9.46. The van der Waals surface area contributed by atoms with Gasteiger partial charge in [-0.2, -0.15) is 0 Å². The molecule has 0 fully saturated rings. The van der Waals surface area contributed by atoms with Crippen LogP contribution in [0.1, 0.15) is 5.69 Å². The second kappa shape index (κ2) is 1.55. The van der Waals surface area contributed by atoms with Crippen molar-refractivity contribution in [2.45, 2.75) is 0 Å².